The Morgan fingerprint density at radius 1 is 1.53 bits per heavy atom. The lowest BCUT2D eigenvalue weighted by Gasteiger charge is -2.21. The second-order valence-electron chi connectivity index (χ2n) is 3.97. The van der Waals surface area contributed by atoms with E-state index in [9.17, 15) is 4.79 Å². The van der Waals surface area contributed by atoms with Gasteiger partial charge in [-0.05, 0) is 34.7 Å². The highest BCUT2D eigenvalue weighted by Crippen LogP contribution is 2.14. The van der Waals surface area contributed by atoms with Gasteiger partial charge in [-0.15, -0.1) is 0 Å². The summed E-state index contributed by atoms with van der Waals surface area (Å²) in [5, 5.41) is 0. The molecule has 1 aromatic carbocycles. The summed E-state index contributed by atoms with van der Waals surface area (Å²) in [5.41, 5.74) is 6.26. The summed E-state index contributed by atoms with van der Waals surface area (Å²) in [6.07, 6.45) is 0. The van der Waals surface area contributed by atoms with Crippen LogP contribution in [0.1, 0.15) is 17.3 Å². The number of nitrogens with zero attached hydrogens (tertiary/aromatic N) is 1. The predicted octanol–water partition coefficient (Wildman–Crippen LogP) is 2.29. The molecule has 0 bridgehead atoms. The van der Waals surface area contributed by atoms with Crippen LogP contribution in [-0.2, 0) is 0 Å². The number of thiocarbonyl (C=S) groups is 1. The molecular weight excluding hydrogens is 347 g/mol. The summed E-state index contributed by atoms with van der Waals surface area (Å²) in [6, 6.07) is 7.51. The minimum Gasteiger partial charge on any atom is -0.393 e. The molecule has 0 radical (unpaired) electrons. The molecule has 0 heterocycles. The number of hydrogen-bond acceptors (Lipinski definition) is 2. The van der Waals surface area contributed by atoms with Crippen LogP contribution < -0.4 is 5.73 Å². The van der Waals surface area contributed by atoms with Crippen molar-refractivity contribution in [2.24, 2.45) is 11.7 Å². The molecule has 92 valence electrons. The first-order valence-electron chi connectivity index (χ1n) is 5.22. The Kier molecular flexibility index (Phi) is 5.32. The van der Waals surface area contributed by atoms with Gasteiger partial charge in [0.2, 0.25) is 0 Å². The molecule has 1 amide bonds. The second-order valence-corrected chi connectivity index (χ2v) is 5.60. The third-order valence-electron chi connectivity index (χ3n) is 2.48. The number of carbonyl (C=O) groups excluding carboxylic acids is 1. The third kappa shape index (κ3) is 3.92. The topological polar surface area (TPSA) is 46.3 Å². The minimum atomic E-state index is -0.00176. The molecule has 0 spiro atoms. The molecule has 0 fully saturated rings. The van der Waals surface area contributed by atoms with E-state index < -0.39 is 0 Å². The molecule has 5 heteroatoms. The van der Waals surface area contributed by atoms with Crippen molar-refractivity contribution >= 4 is 45.7 Å². The van der Waals surface area contributed by atoms with Gasteiger partial charge in [0.15, 0.2) is 0 Å². The van der Waals surface area contributed by atoms with Gasteiger partial charge >= 0.3 is 0 Å². The lowest BCUT2D eigenvalue weighted by molar-refractivity contribution is 0.0786. The number of amides is 1. The first-order valence-corrected chi connectivity index (χ1v) is 6.71. The van der Waals surface area contributed by atoms with Crippen molar-refractivity contribution in [1.29, 1.82) is 0 Å². The molecule has 1 unspecified atom stereocenters. The van der Waals surface area contributed by atoms with Crippen molar-refractivity contribution in [2.75, 3.05) is 13.6 Å². The number of nitrogens with two attached hydrogens (primary N) is 1. The molecule has 1 aromatic rings. The molecule has 0 saturated carbocycles. The Hall–Kier alpha value is -0.690. The van der Waals surface area contributed by atoms with Crippen LogP contribution in [-0.4, -0.2) is 29.4 Å². The standard InChI is InChI=1S/C12H15IN2OS/c1-8(11(14)17)7-15(2)12(16)9-5-3-4-6-10(9)13/h3-6,8H,7H2,1-2H3,(H2,14,17). The Labute approximate surface area is 121 Å². The smallest absolute Gasteiger partial charge is 0.254 e. The number of carbonyl (C=O) groups is 1. The zero-order chi connectivity index (χ0) is 13.0. The van der Waals surface area contributed by atoms with Crippen molar-refractivity contribution in [3.63, 3.8) is 0 Å². The van der Waals surface area contributed by atoms with E-state index in [4.69, 9.17) is 18.0 Å². The van der Waals surface area contributed by atoms with Crippen molar-refractivity contribution in [2.45, 2.75) is 6.92 Å². The molecule has 0 aliphatic rings. The fourth-order valence-corrected chi connectivity index (χ4v) is 2.12. The monoisotopic (exact) mass is 362 g/mol. The predicted molar refractivity (Wildman–Crippen MR) is 82.1 cm³/mol. The van der Waals surface area contributed by atoms with Crippen molar-refractivity contribution in [1.82, 2.24) is 4.90 Å². The molecule has 1 rings (SSSR count). The van der Waals surface area contributed by atoms with E-state index in [0.29, 0.717) is 17.1 Å². The maximum atomic E-state index is 12.2. The van der Waals surface area contributed by atoms with E-state index in [1.165, 1.54) is 0 Å². The molecule has 3 nitrogen and oxygen atoms in total. The highest BCUT2D eigenvalue weighted by Gasteiger charge is 2.17. The quantitative estimate of drug-likeness (QED) is 0.661. The fourth-order valence-electron chi connectivity index (χ4n) is 1.42. The molecular formula is C12H15IN2OS. The highest BCUT2D eigenvalue weighted by molar-refractivity contribution is 14.1. The Morgan fingerprint density at radius 3 is 2.65 bits per heavy atom. The van der Waals surface area contributed by atoms with Gasteiger partial charge < -0.3 is 10.6 Å². The van der Waals surface area contributed by atoms with E-state index in [0.717, 1.165) is 3.57 Å². The van der Waals surface area contributed by atoms with Gasteiger partial charge in [0, 0.05) is 23.1 Å². The summed E-state index contributed by atoms with van der Waals surface area (Å²) >= 11 is 7.06. The van der Waals surface area contributed by atoms with E-state index in [1.54, 1.807) is 11.9 Å². The van der Waals surface area contributed by atoms with Gasteiger partial charge in [-0.1, -0.05) is 31.3 Å². The zero-order valence-corrected chi connectivity index (χ0v) is 12.8. The van der Waals surface area contributed by atoms with E-state index in [2.05, 4.69) is 22.6 Å². The Balaban J connectivity index is 2.77. The van der Waals surface area contributed by atoms with Gasteiger partial charge in [0.05, 0.1) is 10.6 Å². The van der Waals surface area contributed by atoms with Gasteiger partial charge in [-0.3, -0.25) is 4.79 Å². The van der Waals surface area contributed by atoms with E-state index in [1.807, 2.05) is 31.2 Å². The average molecular weight is 362 g/mol. The zero-order valence-electron chi connectivity index (χ0n) is 9.81. The van der Waals surface area contributed by atoms with Crippen LogP contribution in [0, 0.1) is 9.49 Å². The summed E-state index contributed by atoms with van der Waals surface area (Å²) in [4.78, 5) is 14.3. The SMILES string of the molecule is CC(CN(C)C(=O)c1ccccc1I)C(N)=S. The maximum Gasteiger partial charge on any atom is 0.254 e. The van der Waals surface area contributed by atoms with Crippen molar-refractivity contribution < 1.29 is 4.79 Å². The van der Waals surface area contributed by atoms with E-state index in [-0.39, 0.29) is 11.8 Å². The van der Waals surface area contributed by atoms with E-state index >= 15 is 0 Å². The molecule has 17 heavy (non-hydrogen) atoms. The first kappa shape index (κ1) is 14.4. The number of rotatable bonds is 4. The van der Waals surface area contributed by atoms with Crippen molar-refractivity contribution in [3.8, 4) is 0 Å². The van der Waals surface area contributed by atoms with Gasteiger partial charge in [-0.2, -0.15) is 0 Å². The van der Waals surface area contributed by atoms with Gasteiger partial charge in [-0.25, -0.2) is 0 Å². The lowest BCUT2D eigenvalue weighted by atomic mass is 10.1. The third-order valence-corrected chi connectivity index (χ3v) is 3.83. The molecule has 0 aliphatic heterocycles. The summed E-state index contributed by atoms with van der Waals surface area (Å²) < 4.78 is 0.949. The molecule has 0 saturated heterocycles. The molecule has 1 atom stereocenters. The Morgan fingerprint density at radius 2 is 2.12 bits per heavy atom. The molecule has 2 N–H and O–H groups in total. The normalized spacial score (nSPS) is 11.9. The maximum absolute atomic E-state index is 12.2. The van der Waals surface area contributed by atoms with Crippen LogP contribution in [0.5, 0.6) is 0 Å². The van der Waals surface area contributed by atoms with Gasteiger partial charge in [0.1, 0.15) is 0 Å². The summed E-state index contributed by atoms with van der Waals surface area (Å²) in [5.74, 6) is 0.0263. The summed E-state index contributed by atoms with van der Waals surface area (Å²) in [6.45, 7) is 2.46. The highest BCUT2D eigenvalue weighted by atomic mass is 127. The van der Waals surface area contributed by atoms with Crippen LogP contribution in [0.25, 0.3) is 0 Å². The first-order chi connectivity index (χ1) is 7.93. The van der Waals surface area contributed by atoms with Crippen LogP contribution in [0.2, 0.25) is 0 Å². The minimum absolute atomic E-state index is 0.00176. The Bertz CT molecular complexity index is 436. The lowest BCUT2D eigenvalue weighted by Crippen LogP contribution is -2.35. The largest absolute Gasteiger partial charge is 0.393 e. The number of benzene rings is 1. The van der Waals surface area contributed by atoms with Crippen LogP contribution >= 0.6 is 34.8 Å². The number of hydrogen-bond donors (Lipinski definition) is 1. The summed E-state index contributed by atoms with van der Waals surface area (Å²) in [7, 11) is 1.76. The fraction of sp³-hybridized carbons (Fsp3) is 0.333. The van der Waals surface area contributed by atoms with Crippen LogP contribution in [0.4, 0.5) is 0 Å². The molecule has 0 aliphatic carbocycles. The number of halogens is 1. The average Bonchev–Trinajstić information content (AvgIpc) is 2.28. The second kappa shape index (κ2) is 6.30. The van der Waals surface area contributed by atoms with Gasteiger partial charge in [0.25, 0.3) is 5.91 Å². The van der Waals surface area contributed by atoms with Crippen LogP contribution in [0.3, 0.4) is 0 Å². The van der Waals surface area contributed by atoms with Crippen molar-refractivity contribution in [3.05, 3.63) is 33.4 Å². The van der Waals surface area contributed by atoms with Crippen LogP contribution in [0.15, 0.2) is 24.3 Å². The molecule has 0 aromatic heterocycles.